The van der Waals surface area contributed by atoms with Crippen molar-refractivity contribution >= 4 is 5.91 Å². The summed E-state index contributed by atoms with van der Waals surface area (Å²) in [4.78, 5) is 14.8. The summed E-state index contributed by atoms with van der Waals surface area (Å²) >= 11 is 0. The van der Waals surface area contributed by atoms with Crippen LogP contribution >= 0.6 is 0 Å². The highest BCUT2D eigenvalue weighted by Gasteiger charge is 2.28. The van der Waals surface area contributed by atoms with Crippen LogP contribution in [0.4, 0.5) is 0 Å². The van der Waals surface area contributed by atoms with Gasteiger partial charge in [-0.2, -0.15) is 5.10 Å². The molecule has 1 aromatic carbocycles. The Morgan fingerprint density at radius 2 is 2.04 bits per heavy atom. The van der Waals surface area contributed by atoms with Crippen LogP contribution in [0.15, 0.2) is 36.5 Å². The van der Waals surface area contributed by atoms with Gasteiger partial charge in [-0.3, -0.25) is 9.48 Å². The average Bonchev–Trinajstić information content (AvgIpc) is 3.10. The lowest BCUT2D eigenvalue weighted by Gasteiger charge is -2.29. The van der Waals surface area contributed by atoms with E-state index in [0.717, 1.165) is 44.6 Å². The van der Waals surface area contributed by atoms with Crippen molar-refractivity contribution in [2.45, 2.75) is 31.9 Å². The Labute approximate surface area is 160 Å². The van der Waals surface area contributed by atoms with E-state index in [1.165, 1.54) is 11.1 Å². The smallest absolute Gasteiger partial charge is 0.223 e. The predicted molar refractivity (Wildman–Crippen MR) is 103 cm³/mol. The molecule has 1 aromatic heterocycles. The maximum Gasteiger partial charge on any atom is 0.223 e. The average molecular weight is 368 g/mol. The molecule has 0 radical (unpaired) electrons. The van der Waals surface area contributed by atoms with Crippen LogP contribution in [-0.4, -0.2) is 53.9 Å². The van der Waals surface area contributed by atoms with Gasteiger partial charge in [-0.05, 0) is 50.5 Å². The van der Waals surface area contributed by atoms with Crippen molar-refractivity contribution in [3.05, 3.63) is 53.3 Å². The number of hydrogen-bond acceptors (Lipinski definition) is 4. The Balaban J connectivity index is 1.37. The fourth-order valence-electron chi connectivity index (χ4n) is 3.95. The molecule has 1 saturated heterocycles. The van der Waals surface area contributed by atoms with E-state index < -0.39 is 0 Å². The van der Waals surface area contributed by atoms with Crippen molar-refractivity contribution in [3.8, 4) is 0 Å². The normalized spacial score (nSPS) is 21.0. The summed E-state index contributed by atoms with van der Waals surface area (Å²) in [6.07, 6.45) is 4.72. The van der Waals surface area contributed by atoms with Gasteiger partial charge in [0.05, 0.1) is 18.8 Å². The molecule has 2 aliphatic heterocycles. The van der Waals surface area contributed by atoms with E-state index in [0.29, 0.717) is 13.2 Å². The van der Waals surface area contributed by atoms with Gasteiger partial charge < -0.3 is 15.0 Å². The number of carbonyl (C=O) groups excluding carboxylic acids is 1. The number of piperidine rings is 1. The number of benzene rings is 1. The third kappa shape index (κ3) is 4.39. The van der Waals surface area contributed by atoms with Crippen molar-refractivity contribution < 1.29 is 9.53 Å². The first-order valence-corrected chi connectivity index (χ1v) is 9.87. The van der Waals surface area contributed by atoms with Crippen LogP contribution in [0.1, 0.15) is 35.8 Å². The second-order valence-corrected chi connectivity index (χ2v) is 7.65. The number of fused-ring (bicyclic) bond motifs is 1. The van der Waals surface area contributed by atoms with Gasteiger partial charge in [0.25, 0.3) is 0 Å². The molecular weight excluding hydrogens is 340 g/mol. The summed E-state index contributed by atoms with van der Waals surface area (Å²) in [5.74, 6) is 0.280. The van der Waals surface area contributed by atoms with Gasteiger partial charge in [0.15, 0.2) is 0 Å². The summed E-state index contributed by atoms with van der Waals surface area (Å²) in [5, 5.41) is 7.87. The first-order valence-electron chi connectivity index (χ1n) is 9.87. The Bertz CT molecular complexity index is 766. The fraction of sp³-hybridized carbons (Fsp3) is 0.524. The molecule has 2 aromatic rings. The Morgan fingerprint density at radius 3 is 2.81 bits per heavy atom. The second-order valence-electron chi connectivity index (χ2n) is 7.65. The highest BCUT2D eigenvalue weighted by atomic mass is 16.5. The summed E-state index contributed by atoms with van der Waals surface area (Å²) in [6, 6.07) is 10.3. The quantitative estimate of drug-likeness (QED) is 0.877. The largest absolute Gasteiger partial charge is 0.370 e. The third-order valence-corrected chi connectivity index (χ3v) is 5.60. The highest BCUT2D eigenvalue weighted by Crippen LogP contribution is 2.26. The van der Waals surface area contributed by atoms with Crippen LogP contribution in [0.3, 0.4) is 0 Å². The number of nitrogens with zero attached hydrogens (tertiary/aromatic N) is 3. The molecule has 2 aliphatic rings. The zero-order valence-corrected chi connectivity index (χ0v) is 15.9. The third-order valence-electron chi connectivity index (χ3n) is 5.60. The number of likely N-dealkylation sites (tertiary alicyclic amines) is 1. The number of ether oxygens (including phenoxy) is 1. The van der Waals surface area contributed by atoms with E-state index in [-0.39, 0.29) is 17.9 Å². The van der Waals surface area contributed by atoms with Crippen LogP contribution in [-0.2, 0) is 22.5 Å². The summed E-state index contributed by atoms with van der Waals surface area (Å²) in [6.45, 7) is 3.92. The zero-order valence-electron chi connectivity index (χ0n) is 15.9. The van der Waals surface area contributed by atoms with E-state index in [1.54, 1.807) is 0 Å². The van der Waals surface area contributed by atoms with Crippen LogP contribution < -0.4 is 5.32 Å². The lowest BCUT2D eigenvalue weighted by molar-refractivity contribution is -0.127. The van der Waals surface area contributed by atoms with Crippen LogP contribution in [0, 0.1) is 5.92 Å². The zero-order chi connectivity index (χ0) is 18.6. The molecule has 6 nitrogen and oxygen atoms in total. The Hall–Kier alpha value is -2.18. The lowest BCUT2D eigenvalue weighted by atomic mass is 9.96. The molecule has 4 rings (SSSR count). The van der Waals surface area contributed by atoms with Gasteiger partial charge in [-0.25, -0.2) is 0 Å². The maximum absolute atomic E-state index is 12.5. The number of hydrogen-bond donors (Lipinski definition) is 1. The molecule has 0 spiro atoms. The molecule has 3 heterocycles. The number of rotatable bonds is 5. The van der Waals surface area contributed by atoms with E-state index in [1.807, 2.05) is 22.9 Å². The predicted octanol–water partition coefficient (Wildman–Crippen LogP) is 2.00. The van der Waals surface area contributed by atoms with Crippen LogP contribution in [0.5, 0.6) is 0 Å². The molecule has 144 valence electrons. The van der Waals surface area contributed by atoms with Crippen LogP contribution in [0.25, 0.3) is 0 Å². The molecule has 1 fully saturated rings. The molecule has 0 unspecified atom stereocenters. The molecule has 1 amide bonds. The molecule has 6 heteroatoms. The SMILES string of the molecule is CN1CCC(C(=O)NC[C@H]2OCCc3cn(Cc4ccccc4)nc32)CC1. The van der Waals surface area contributed by atoms with Gasteiger partial charge in [-0.1, -0.05) is 30.3 Å². The number of nitrogens with one attached hydrogen (secondary N) is 1. The van der Waals surface area contributed by atoms with Crippen molar-refractivity contribution in [1.82, 2.24) is 20.0 Å². The van der Waals surface area contributed by atoms with Crippen molar-refractivity contribution in [3.63, 3.8) is 0 Å². The molecule has 1 N–H and O–H groups in total. The van der Waals surface area contributed by atoms with Gasteiger partial charge in [-0.15, -0.1) is 0 Å². The molecule has 27 heavy (non-hydrogen) atoms. The van der Waals surface area contributed by atoms with Crippen molar-refractivity contribution in [1.29, 1.82) is 0 Å². The topological polar surface area (TPSA) is 59.4 Å². The lowest BCUT2D eigenvalue weighted by Crippen LogP contribution is -2.40. The molecular formula is C21H28N4O2. The number of aromatic nitrogens is 2. The van der Waals surface area contributed by atoms with Crippen LogP contribution in [0.2, 0.25) is 0 Å². The molecule has 0 saturated carbocycles. The summed E-state index contributed by atoms with van der Waals surface area (Å²) < 4.78 is 7.91. The minimum absolute atomic E-state index is 0.125. The molecule has 0 aliphatic carbocycles. The minimum Gasteiger partial charge on any atom is -0.370 e. The van der Waals surface area contributed by atoms with Gasteiger partial charge in [0.1, 0.15) is 6.10 Å². The second kappa shape index (κ2) is 8.23. The molecule has 0 bridgehead atoms. The first-order chi connectivity index (χ1) is 13.2. The first kappa shape index (κ1) is 18.2. The molecule has 1 atom stereocenters. The van der Waals surface area contributed by atoms with E-state index in [2.05, 4.69) is 35.6 Å². The van der Waals surface area contributed by atoms with E-state index >= 15 is 0 Å². The van der Waals surface area contributed by atoms with Crippen molar-refractivity contribution in [2.75, 3.05) is 33.3 Å². The standard InChI is InChI=1S/C21H28N4O2/c1-24-10-7-17(8-11-24)21(26)22-13-19-20-18(9-12-27-19)15-25(23-20)14-16-5-3-2-4-6-16/h2-6,15,17,19H,7-14H2,1H3,(H,22,26)/t19-/m1/s1. The van der Waals surface area contributed by atoms with Gasteiger partial charge in [0, 0.05) is 18.7 Å². The number of carbonyl (C=O) groups is 1. The van der Waals surface area contributed by atoms with Gasteiger partial charge >= 0.3 is 0 Å². The highest BCUT2D eigenvalue weighted by molar-refractivity contribution is 5.78. The summed E-state index contributed by atoms with van der Waals surface area (Å²) in [7, 11) is 2.11. The van der Waals surface area contributed by atoms with E-state index in [4.69, 9.17) is 9.84 Å². The van der Waals surface area contributed by atoms with Crippen molar-refractivity contribution in [2.24, 2.45) is 5.92 Å². The summed E-state index contributed by atoms with van der Waals surface area (Å²) in [5.41, 5.74) is 3.43. The Morgan fingerprint density at radius 1 is 1.26 bits per heavy atom. The minimum atomic E-state index is -0.152. The monoisotopic (exact) mass is 368 g/mol. The number of amides is 1. The van der Waals surface area contributed by atoms with Gasteiger partial charge in [0.2, 0.25) is 5.91 Å². The Kier molecular flexibility index (Phi) is 5.55. The maximum atomic E-state index is 12.5. The van der Waals surface area contributed by atoms with E-state index in [9.17, 15) is 4.79 Å². The fourth-order valence-corrected chi connectivity index (χ4v) is 3.95.